The number of hydrogen-bond acceptors (Lipinski definition) is 4. The van der Waals surface area contributed by atoms with Crippen molar-refractivity contribution in [1.29, 1.82) is 0 Å². The van der Waals surface area contributed by atoms with E-state index in [1.54, 1.807) is 36.4 Å². The molecule has 0 saturated heterocycles. The lowest BCUT2D eigenvalue weighted by Crippen LogP contribution is -2.53. The van der Waals surface area contributed by atoms with Crippen molar-refractivity contribution >= 4 is 43.5 Å². The summed E-state index contributed by atoms with van der Waals surface area (Å²) in [5.41, 5.74) is 2.94. The summed E-state index contributed by atoms with van der Waals surface area (Å²) in [7, 11) is -2.61. The molecule has 212 valence electrons. The minimum atomic E-state index is -4.14. The normalized spacial score (nSPS) is 11.9. The van der Waals surface area contributed by atoms with Gasteiger partial charge >= 0.3 is 0 Å². The number of hydrogen-bond donors (Lipinski definition) is 1. The van der Waals surface area contributed by atoms with Crippen LogP contribution in [0.4, 0.5) is 5.69 Å². The molecule has 1 atom stereocenters. The third kappa shape index (κ3) is 7.62. The van der Waals surface area contributed by atoms with Gasteiger partial charge in [-0.25, -0.2) is 8.42 Å². The van der Waals surface area contributed by atoms with E-state index in [4.69, 9.17) is 0 Å². The number of aryl methyl sites for hydroxylation is 1. The second-order valence-corrected chi connectivity index (χ2v) is 12.4. The number of halogens is 1. The summed E-state index contributed by atoms with van der Waals surface area (Å²) in [4.78, 5) is 29.0. The van der Waals surface area contributed by atoms with Gasteiger partial charge in [0.1, 0.15) is 12.6 Å². The maximum absolute atomic E-state index is 14.2. The van der Waals surface area contributed by atoms with Gasteiger partial charge in [0.25, 0.3) is 10.0 Å². The molecule has 0 saturated carbocycles. The lowest BCUT2D eigenvalue weighted by molar-refractivity contribution is -0.139. The third-order valence-corrected chi connectivity index (χ3v) is 8.98. The van der Waals surface area contributed by atoms with Crippen LogP contribution in [0.1, 0.15) is 16.7 Å². The third-order valence-electron chi connectivity index (χ3n) is 6.70. The molecule has 0 heterocycles. The summed E-state index contributed by atoms with van der Waals surface area (Å²) in [6.07, 6.45) is 0.265. The molecule has 0 aliphatic rings. The van der Waals surface area contributed by atoms with Gasteiger partial charge in [-0.15, -0.1) is 0 Å². The number of nitrogens with one attached hydrogen (secondary N) is 1. The average Bonchev–Trinajstić information content (AvgIpc) is 2.98. The maximum Gasteiger partial charge on any atom is 0.264 e. The zero-order valence-corrected chi connectivity index (χ0v) is 25.3. The van der Waals surface area contributed by atoms with Crippen LogP contribution >= 0.6 is 15.9 Å². The van der Waals surface area contributed by atoms with Crippen molar-refractivity contribution in [2.75, 3.05) is 17.9 Å². The van der Waals surface area contributed by atoms with E-state index in [-0.39, 0.29) is 23.8 Å². The number of nitrogens with zero attached hydrogens (tertiary/aromatic N) is 2. The first-order valence-corrected chi connectivity index (χ1v) is 15.4. The molecule has 0 unspecified atom stereocenters. The van der Waals surface area contributed by atoms with E-state index in [1.165, 1.54) is 24.1 Å². The van der Waals surface area contributed by atoms with E-state index in [1.807, 2.05) is 67.6 Å². The Morgan fingerprint density at radius 3 is 2.02 bits per heavy atom. The highest BCUT2D eigenvalue weighted by Crippen LogP contribution is 2.27. The number of carbonyl (C=O) groups is 2. The highest BCUT2D eigenvalue weighted by molar-refractivity contribution is 9.10. The Morgan fingerprint density at radius 2 is 1.44 bits per heavy atom. The summed E-state index contributed by atoms with van der Waals surface area (Å²) in [6, 6.07) is 31.2. The predicted octanol–water partition coefficient (Wildman–Crippen LogP) is 5.34. The molecular weight excluding hydrogens is 602 g/mol. The van der Waals surface area contributed by atoms with E-state index >= 15 is 0 Å². The second kappa shape index (κ2) is 13.6. The van der Waals surface area contributed by atoms with Gasteiger partial charge in [-0.2, -0.15) is 0 Å². The first-order valence-electron chi connectivity index (χ1n) is 13.1. The quantitative estimate of drug-likeness (QED) is 0.242. The maximum atomic E-state index is 14.2. The SMILES string of the molecule is CNC(=O)[C@@H](Cc1ccccc1)N(Cc1ccccc1)C(=O)CN(c1cccc(Br)c1)S(=O)(=O)c1ccc(C)cc1. The number of amides is 2. The topological polar surface area (TPSA) is 86.8 Å². The van der Waals surface area contributed by atoms with Gasteiger partial charge < -0.3 is 10.2 Å². The summed E-state index contributed by atoms with van der Waals surface area (Å²) >= 11 is 3.42. The smallest absolute Gasteiger partial charge is 0.264 e. The van der Waals surface area contributed by atoms with Crippen molar-refractivity contribution in [3.8, 4) is 0 Å². The number of likely N-dealkylation sites (N-methyl/N-ethyl adjacent to an activating group) is 1. The molecule has 1 N–H and O–H groups in total. The molecule has 7 nitrogen and oxygen atoms in total. The molecule has 0 spiro atoms. The van der Waals surface area contributed by atoms with E-state index in [2.05, 4.69) is 21.2 Å². The Balaban J connectivity index is 1.77. The van der Waals surface area contributed by atoms with Crippen molar-refractivity contribution in [3.05, 3.63) is 130 Å². The van der Waals surface area contributed by atoms with Crippen molar-refractivity contribution < 1.29 is 18.0 Å². The number of sulfonamides is 1. The summed E-state index contributed by atoms with van der Waals surface area (Å²) in [5.74, 6) is -0.845. The lowest BCUT2D eigenvalue weighted by atomic mass is 10.0. The fourth-order valence-corrected chi connectivity index (χ4v) is 6.29. The molecule has 41 heavy (non-hydrogen) atoms. The van der Waals surface area contributed by atoms with Crippen LogP contribution in [0.3, 0.4) is 0 Å². The minimum Gasteiger partial charge on any atom is -0.357 e. The van der Waals surface area contributed by atoms with Crippen LogP contribution in [0.2, 0.25) is 0 Å². The standard InChI is InChI=1S/C32H32BrN3O4S/c1-24-16-18-29(19-17-24)41(39,40)36(28-15-9-14-27(33)21-28)23-31(37)35(22-26-12-7-4-8-13-26)30(32(38)34-2)20-25-10-5-3-6-11-25/h3-19,21,30H,20,22-23H2,1-2H3,(H,34,38)/t30-/m1/s1. The summed E-state index contributed by atoms with van der Waals surface area (Å²) < 4.78 is 29.7. The average molecular weight is 635 g/mol. The van der Waals surface area contributed by atoms with Crippen molar-refractivity contribution in [2.24, 2.45) is 0 Å². The minimum absolute atomic E-state index is 0.0672. The fraction of sp³-hybridized carbons (Fsp3) is 0.188. The van der Waals surface area contributed by atoms with Crippen LogP contribution in [0.5, 0.6) is 0 Å². The van der Waals surface area contributed by atoms with Crippen LogP contribution in [0, 0.1) is 6.92 Å². The van der Waals surface area contributed by atoms with Gasteiger partial charge in [0.2, 0.25) is 11.8 Å². The number of rotatable bonds is 11. The van der Waals surface area contributed by atoms with E-state index < -0.39 is 28.5 Å². The first kappa shape index (κ1) is 30.0. The van der Waals surface area contributed by atoms with Gasteiger partial charge in [-0.05, 0) is 48.4 Å². The largest absolute Gasteiger partial charge is 0.357 e. The molecule has 0 radical (unpaired) electrons. The van der Waals surface area contributed by atoms with Crippen LogP contribution in [-0.2, 0) is 32.6 Å². The zero-order chi connectivity index (χ0) is 29.4. The Kier molecular flexibility index (Phi) is 9.96. The van der Waals surface area contributed by atoms with Gasteiger partial charge in [-0.1, -0.05) is 100 Å². The fourth-order valence-electron chi connectivity index (χ4n) is 4.50. The summed E-state index contributed by atoms with van der Waals surface area (Å²) in [6.45, 7) is 1.50. The molecule has 4 aromatic rings. The first-order chi connectivity index (χ1) is 19.7. The Hall–Kier alpha value is -3.95. The highest BCUT2D eigenvalue weighted by atomic mass is 79.9. The second-order valence-electron chi connectivity index (χ2n) is 9.63. The van der Waals surface area contributed by atoms with Crippen molar-refractivity contribution in [3.63, 3.8) is 0 Å². The molecule has 4 aromatic carbocycles. The van der Waals surface area contributed by atoms with Crippen molar-refractivity contribution in [2.45, 2.75) is 30.8 Å². The number of benzene rings is 4. The molecule has 0 bridgehead atoms. The molecule has 9 heteroatoms. The lowest BCUT2D eigenvalue weighted by Gasteiger charge is -2.33. The molecule has 0 aromatic heterocycles. The van der Waals surface area contributed by atoms with Crippen LogP contribution in [0.15, 0.2) is 119 Å². The molecule has 2 amide bonds. The molecule has 0 aliphatic heterocycles. The number of carbonyl (C=O) groups excluding carboxylic acids is 2. The zero-order valence-electron chi connectivity index (χ0n) is 22.9. The predicted molar refractivity (Wildman–Crippen MR) is 165 cm³/mol. The van der Waals surface area contributed by atoms with Gasteiger partial charge in [-0.3, -0.25) is 13.9 Å². The molecular formula is C32H32BrN3O4S. The monoisotopic (exact) mass is 633 g/mol. The summed E-state index contributed by atoms with van der Waals surface area (Å²) in [5, 5.41) is 2.69. The van der Waals surface area contributed by atoms with Crippen LogP contribution < -0.4 is 9.62 Å². The van der Waals surface area contributed by atoms with Gasteiger partial charge in [0, 0.05) is 24.5 Å². The van der Waals surface area contributed by atoms with Crippen molar-refractivity contribution in [1.82, 2.24) is 10.2 Å². The van der Waals surface area contributed by atoms with E-state index in [0.717, 1.165) is 21.0 Å². The number of anilines is 1. The molecule has 0 fully saturated rings. The van der Waals surface area contributed by atoms with Crippen LogP contribution in [0.25, 0.3) is 0 Å². The highest BCUT2D eigenvalue weighted by Gasteiger charge is 2.34. The van der Waals surface area contributed by atoms with E-state index in [0.29, 0.717) is 10.2 Å². The Bertz CT molecular complexity index is 1580. The van der Waals surface area contributed by atoms with Gasteiger partial charge in [0.15, 0.2) is 0 Å². The van der Waals surface area contributed by atoms with Crippen LogP contribution in [-0.4, -0.2) is 44.8 Å². The van der Waals surface area contributed by atoms with Gasteiger partial charge in [0.05, 0.1) is 10.6 Å². The Morgan fingerprint density at radius 1 is 0.829 bits per heavy atom. The van der Waals surface area contributed by atoms with E-state index in [9.17, 15) is 18.0 Å². The molecule has 4 rings (SSSR count). The Labute approximate surface area is 250 Å². The molecule has 0 aliphatic carbocycles.